The first-order chi connectivity index (χ1) is 13.0. The molecule has 1 fully saturated rings. The summed E-state index contributed by atoms with van der Waals surface area (Å²) >= 11 is 0. The lowest BCUT2D eigenvalue weighted by molar-refractivity contribution is -0.132. The van der Waals surface area contributed by atoms with Crippen LogP contribution in [0.25, 0.3) is 0 Å². The maximum absolute atomic E-state index is 12.9. The third kappa shape index (κ3) is 5.62. The molecule has 1 aliphatic rings. The molecule has 1 saturated heterocycles. The van der Waals surface area contributed by atoms with E-state index >= 15 is 0 Å². The van der Waals surface area contributed by atoms with Gasteiger partial charge in [-0.25, -0.2) is 4.39 Å². The molecule has 1 heterocycles. The van der Waals surface area contributed by atoms with Crippen molar-refractivity contribution < 1.29 is 14.0 Å². The smallest absolute Gasteiger partial charge is 0.238 e. The van der Waals surface area contributed by atoms with E-state index in [1.54, 1.807) is 0 Å². The highest BCUT2D eigenvalue weighted by atomic mass is 19.1. The second-order valence-electron chi connectivity index (χ2n) is 6.87. The molecule has 2 amide bonds. The van der Waals surface area contributed by atoms with E-state index in [9.17, 15) is 14.0 Å². The first-order valence-corrected chi connectivity index (χ1v) is 9.11. The van der Waals surface area contributed by atoms with Crippen molar-refractivity contribution >= 4 is 17.5 Å². The first kappa shape index (κ1) is 19.0. The predicted molar refractivity (Wildman–Crippen MR) is 103 cm³/mol. The Morgan fingerprint density at radius 1 is 0.963 bits per heavy atom. The van der Waals surface area contributed by atoms with Crippen molar-refractivity contribution in [3.63, 3.8) is 0 Å². The highest BCUT2D eigenvalue weighted by Crippen LogP contribution is 2.10. The van der Waals surface area contributed by atoms with Crippen molar-refractivity contribution in [2.75, 3.05) is 38.0 Å². The van der Waals surface area contributed by atoms with Gasteiger partial charge in [-0.15, -0.1) is 0 Å². The van der Waals surface area contributed by atoms with Crippen LogP contribution in [0.1, 0.15) is 11.1 Å². The van der Waals surface area contributed by atoms with Gasteiger partial charge in [0, 0.05) is 31.9 Å². The topological polar surface area (TPSA) is 52.7 Å². The summed E-state index contributed by atoms with van der Waals surface area (Å²) in [4.78, 5) is 28.4. The minimum atomic E-state index is -0.334. The van der Waals surface area contributed by atoms with Gasteiger partial charge in [-0.05, 0) is 36.8 Å². The van der Waals surface area contributed by atoms with Gasteiger partial charge in [-0.1, -0.05) is 29.8 Å². The summed E-state index contributed by atoms with van der Waals surface area (Å²) in [5, 5.41) is 2.76. The van der Waals surface area contributed by atoms with E-state index < -0.39 is 0 Å². The SMILES string of the molecule is Cc1ccc(CC(=O)N2CCN(CC(=O)Nc3ccc(F)cc3)CC2)cc1. The molecule has 2 aromatic carbocycles. The van der Waals surface area contributed by atoms with E-state index in [4.69, 9.17) is 0 Å². The number of rotatable bonds is 5. The molecule has 0 atom stereocenters. The number of halogens is 1. The van der Waals surface area contributed by atoms with Crippen molar-refractivity contribution in [1.29, 1.82) is 0 Å². The normalized spacial score (nSPS) is 14.8. The van der Waals surface area contributed by atoms with Crippen LogP contribution < -0.4 is 5.32 Å². The highest BCUT2D eigenvalue weighted by Gasteiger charge is 2.22. The van der Waals surface area contributed by atoms with Crippen LogP contribution in [0.5, 0.6) is 0 Å². The summed E-state index contributed by atoms with van der Waals surface area (Å²) in [5.74, 6) is -0.352. The molecule has 0 bridgehead atoms. The number of hydrogen-bond donors (Lipinski definition) is 1. The number of nitrogens with zero attached hydrogens (tertiary/aromatic N) is 2. The fourth-order valence-corrected chi connectivity index (χ4v) is 3.08. The van der Waals surface area contributed by atoms with Crippen LogP contribution >= 0.6 is 0 Å². The molecule has 0 aromatic heterocycles. The second kappa shape index (κ2) is 8.77. The Kier molecular flexibility index (Phi) is 6.19. The Hall–Kier alpha value is -2.73. The third-order valence-corrected chi connectivity index (χ3v) is 4.70. The summed E-state index contributed by atoms with van der Waals surface area (Å²) < 4.78 is 12.9. The number of aryl methyl sites for hydroxylation is 1. The van der Waals surface area contributed by atoms with Gasteiger partial charge < -0.3 is 10.2 Å². The van der Waals surface area contributed by atoms with Gasteiger partial charge in [0.1, 0.15) is 5.82 Å². The van der Waals surface area contributed by atoms with Crippen LogP contribution in [-0.4, -0.2) is 54.3 Å². The van der Waals surface area contributed by atoms with E-state index in [1.807, 2.05) is 41.0 Å². The van der Waals surface area contributed by atoms with E-state index in [1.165, 1.54) is 29.8 Å². The molecular weight excluding hydrogens is 345 g/mol. The van der Waals surface area contributed by atoms with Gasteiger partial charge >= 0.3 is 0 Å². The summed E-state index contributed by atoms with van der Waals surface area (Å²) in [5.41, 5.74) is 2.78. The summed E-state index contributed by atoms with van der Waals surface area (Å²) in [6, 6.07) is 13.7. The number of nitrogens with one attached hydrogen (secondary N) is 1. The zero-order valence-corrected chi connectivity index (χ0v) is 15.5. The molecule has 0 spiro atoms. The Morgan fingerprint density at radius 3 is 2.22 bits per heavy atom. The molecule has 0 radical (unpaired) electrons. The number of hydrogen-bond acceptors (Lipinski definition) is 3. The van der Waals surface area contributed by atoms with Crippen LogP contribution in [0.2, 0.25) is 0 Å². The van der Waals surface area contributed by atoms with Crippen LogP contribution in [0.15, 0.2) is 48.5 Å². The van der Waals surface area contributed by atoms with Gasteiger partial charge in [0.25, 0.3) is 0 Å². The van der Waals surface area contributed by atoms with Gasteiger partial charge in [0.05, 0.1) is 13.0 Å². The summed E-state index contributed by atoms with van der Waals surface area (Å²) in [7, 11) is 0. The molecule has 2 aromatic rings. The lowest BCUT2D eigenvalue weighted by atomic mass is 10.1. The summed E-state index contributed by atoms with van der Waals surface area (Å²) in [6.45, 7) is 4.85. The maximum Gasteiger partial charge on any atom is 0.238 e. The number of carbonyl (C=O) groups is 2. The van der Waals surface area contributed by atoms with E-state index in [2.05, 4.69) is 5.32 Å². The van der Waals surface area contributed by atoms with Crippen molar-refractivity contribution in [1.82, 2.24) is 9.80 Å². The van der Waals surface area contributed by atoms with Gasteiger partial charge in [-0.2, -0.15) is 0 Å². The third-order valence-electron chi connectivity index (χ3n) is 4.70. The molecular formula is C21H24FN3O2. The van der Waals surface area contributed by atoms with Gasteiger partial charge in [-0.3, -0.25) is 14.5 Å². The fourth-order valence-electron chi connectivity index (χ4n) is 3.08. The number of carbonyl (C=O) groups excluding carboxylic acids is 2. The number of benzene rings is 2. The average Bonchev–Trinajstić information content (AvgIpc) is 2.66. The van der Waals surface area contributed by atoms with Crippen LogP contribution in [0, 0.1) is 12.7 Å². The Balaban J connectivity index is 1.42. The minimum absolute atomic E-state index is 0.120. The van der Waals surface area contributed by atoms with Crippen LogP contribution in [0.3, 0.4) is 0 Å². The minimum Gasteiger partial charge on any atom is -0.340 e. The monoisotopic (exact) mass is 369 g/mol. The molecule has 6 heteroatoms. The second-order valence-corrected chi connectivity index (χ2v) is 6.87. The van der Waals surface area contributed by atoms with Crippen molar-refractivity contribution in [3.8, 4) is 0 Å². The number of amides is 2. The standard InChI is InChI=1S/C21H24FN3O2/c1-16-2-4-17(5-3-16)14-21(27)25-12-10-24(11-13-25)15-20(26)23-19-8-6-18(22)7-9-19/h2-9H,10-15H2,1H3,(H,23,26). The molecule has 0 unspecified atom stereocenters. The van der Waals surface area contributed by atoms with Crippen LogP contribution in [0.4, 0.5) is 10.1 Å². The van der Waals surface area contributed by atoms with Crippen LogP contribution in [-0.2, 0) is 16.0 Å². The molecule has 1 aliphatic heterocycles. The zero-order valence-electron chi connectivity index (χ0n) is 15.5. The zero-order chi connectivity index (χ0) is 19.2. The first-order valence-electron chi connectivity index (χ1n) is 9.11. The summed E-state index contributed by atoms with van der Waals surface area (Å²) in [6.07, 6.45) is 0.408. The predicted octanol–water partition coefficient (Wildman–Crippen LogP) is 2.46. The Labute approximate surface area is 158 Å². The van der Waals surface area contributed by atoms with E-state index in [0.717, 1.165) is 5.56 Å². The lowest BCUT2D eigenvalue weighted by Gasteiger charge is -2.34. The van der Waals surface area contributed by atoms with Crippen molar-refractivity contribution in [2.24, 2.45) is 0 Å². The van der Waals surface area contributed by atoms with Crippen molar-refractivity contribution in [2.45, 2.75) is 13.3 Å². The van der Waals surface area contributed by atoms with Crippen molar-refractivity contribution in [3.05, 3.63) is 65.5 Å². The Morgan fingerprint density at radius 2 is 1.59 bits per heavy atom. The average molecular weight is 369 g/mol. The molecule has 142 valence electrons. The van der Waals surface area contributed by atoms with Gasteiger partial charge in [0.15, 0.2) is 0 Å². The molecule has 0 saturated carbocycles. The van der Waals surface area contributed by atoms with Gasteiger partial charge in [0.2, 0.25) is 11.8 Å². The molecule has 0 aliphatic carbocycles. The number of anilines is 1. The fraction of sp³-hybridized carbons (Fsp3) is 0.333. The molecule has 27 heavy (non-hydrogen) atoms. The largest absolute Gasteiger partial charge is 0.340 e. The number of piperazine rings is 1. The quantitative estimate of drug-likeness (QED) is 0.881. The maximum atomic E-state index is 12.9. The molecule has 3 rings (SSSR count). The van der Waals surface area contributed by atoms with E-state index in [0.29, 0.717) is 38.3 Å². The molecule has 1 N–H and O–H groups in total. The molecule has 5 nitrogen and oxygen atoms in total. The lowest BCUT2D eigenvalue weighted by Crippen LogP contribution is -2.50. The highest BCUT2D eigenvalue weighted by molar-refractivity contribution is 5.92. The Bertz CT molecular complexity index is 782. The van der Waals surface area contributed by atoms with E-state index in [-0.39, 0.29) is 24.2 Å².